The molecule has 0 bridgehead atoms. The highest BCUT2D eigenvalue weighted by Gasteiger charge is 2.06. The second-order valence-electron chi connectivity index (χ2n) is 7.91. The molecule has 6 N–H and O–H groups in total. The summed E-state index contributed by atoms with van der Waals surface area (Å²) >= 11 is 6.55. The second-order valence-corrected chi connectivity index (χ2v) is 9.74. The lowest BCUT2D eigenvalue weighted by Gasteiger charge is -2.01. The van der Waals surface area contributed by atoms with E-state index in [9.17, 15) is 30.0 Å². The third kappa shape index (κ3) is 9.26. The second kappa shape index (κ2) is 14.5. The molecule has 4 aromatic carbocycles. The molecule has 40 heavy (non-hydrogen) atoms. The van der Waals surface area contributed by atoms with Gasteiger partial charge in [0, 0.05) is 31.2 Å². The van der Waals surface area contributed by atoms with Crippen molar-refractivity contribution in [2.75, 3.05) is 0 Å². The van der Waals surface area contributed by atoms with Gasteiger partial charge in [-0.1, -0.05) is 44.0 Å². The number of benzene rings is 4. The van der Waals surface area contributed by atoms with E-state index < -0.39 is 11.8 Å². The fourth-order valence-corrected chi connectivity index (χ4v) is 3.76. The van der Waals surface area contributed by atoms with Gasteiger partial charge >= 0.3 is 0 Å². The average molecular weight is 670 g/mol. The zero-order chi connectivity index (χ0) is 29.1. The number of hydrazone groups is 2. The Morgan fingerprint density at radius 1 is 0.600 bits per heavy atom. The number of carbonyl (C=O) groups excluding carboxylic acids is 2. The summed E-state index contributed by atoms with van der Waals surface area (Å²) in [6.45, 7) is 0. The highest BCUT2D eigenvalue weighted by molar-refractivity contribution is 9.10. The van der Waals surface area contributed by atoms with Crippen LogP contribution in [0.4, 0.5) is 0 Å². The van der Waals surface area contributed by atoms with Gasteiger partial charge in [-0.05, 0) is 72.8 Å². The molecule has 0 aromatic heterocycles. The van der Waals surface area contributed by atoms with Gasteiger partial charge in [-0.2, -0.15) is 10.2 Å². The molecule has 0 aliphatic rings. The van der Waals surface area contributed by atoms with Crippen molar-refractivity contribution in [1.82, 2.24) is 10.9 Å². The molecule has 0 spiro atoms. The number of phenols is 4. The molecule has 2 amide bonds. The molecule has 4 rings (SSSR count). The predicted molar refractivity (Wildman–Crippen MR) is 158 cm³/mol. The Morgan fingerprint density at radius 2 is 1.00 bits per heavy atom. The number of aromatic hydroxyl groups is 4. The van der Waals surface area contributed by atoms with E-state index in [0.717, 1.165) is 8.95 Å². The molecule has 0 aliphatic heterocycles. The van der Waals surface area contributed by atoms with Gasteiger partial charge in [0.05, 0.1) is 12.4 Å². The van der Waals surface area contributed by atoms with Crippen molar-refractivity contribution in [1.29, 1.82) is 0 Å². The molecule has 0 saturated carbocycles. The van der Waals surface area contributed by atoms with E-state index in [1.807, 2.05) is 0 Å². The first-order valence-electron chi connectivity index (χ1n) is 11.3. The summed E-state index contributed by atoms with van der Waals surface area (Å²) in [5, 5.41) is 45.3. The molecular weight excluding hydrogens is 648 g/mol. The smallest absolute Gasteiger partial charge is 0.271 e. The molecule has 0 atom stereocenters. The summed E-state index contributed by atoms with van der Waals surface area (Å²) in [5.41, 5.74) is 6.15. The van der Waals surface area contributed by atoms with Gasteiger partial charge in [-0.3, -0.25) is 9.59 Å². The topological polar surface area (TPSA) is 164 Å². The third-order valence-corrected chi connectivity index (χ3v) is 5.92. The molecule has 0 fully saturated rings. The maximum atomic E-state index is 11.7. The Morgan fingerprint density at radius 3 is 1.38 bits per heavy atom. The minimum Gasteiger partial charge on any atom is -0.508 e. The van der Waals surface area contributed by atoms with Gasteiger partial charge < -0.3 is 20.4 Å². The van der Waals surface area contributed by atoms with Crippen LogP contribution in [0.3, 0.4) is 0 Å². The number of rotatable bonds is 6. The van der Waals surface area contributed by atoms with Gasteiger partial charge in [0.15, 0.2) is 0 Å². The maximum absolute atomic E-state index is 11.7. The van der Waals surface area contributed by atoms with E-state index in [-0.39, 0.29) is 23.0 Å². The summed E-state index contributed by atoms with van der Waals surface area (Å²) in [6.07, 6.45) is 2.67. The van der Waals surface area contributed by atoms with Crippen LogP contribution in [-0.2, 0) is 0 Å². The van der Waals surface area contributed by atoms with Gasteiger partial charge in [-0.15, -0.1) is 0 Å². The normalized spacial score (nSPS) is 10.7. The first kappa shape index (κ1) is 29.9. The van der Waals surface area contributed by atoms with Crippen LogP contribution >= 0.6 is 31.9 Å². The van der Waals surface area contributed by atoms with Gasteiger partial charge in [0.1, 0.15) is 23.0 Å². The minimum atomic E-state index is -0.452. The molecule has 0 heterocycles. The summed E-state index contributed by atoms with van der Waals surface area (Å²) in [7, 11) is 0. The zero-order valence-electron chi connectivity index (χ0n) is 20.5. The molecule has 204 valence electrons. The summed E-state index contributed by atoms with van der Waals surface area (Å²) in [5.74, 6) is -0.775. The van der Waals surface area contributed by atoms with Crippen LogP contribution in [0, 0.1) is 0 Å². The number of nitrogens with zero attached hydrogens (tertiary/aromatic N) is 2. The Balaban J connectivity index is 0.000000220. The van der Waals surface area contributed by atoms with Crippen molar-refractivity contribution >= 4 is 56.1 Å². The van der Waals surface area contributed by atoms with Crippen molar-refractivity contribution in [2.24, 2.45) is 10.2 Å². The highest BCUT2D eigenvalue weighted by atomic mass is 79.9. The zero-order valence-corrected chi connectivity index (χ0v) is 23.7. The number of nitrogens with one attached hydrogen (secondary N) is 2. The Labute approximate surface area is 245 Å². The van der Waals surface area contributed by atoms with E-state index >= 15 is 0 Å². The number of amides is 2. The Hall–Kier alpha value is -4.68. The molecule has 0 radical (unpaired) electrons. The maximum Gasteiger partial charge on any atom is 0.271 e. The van der Waals surface area contributed by atoms with Crippen LogP contribution in [0.15, 0.2) is 104 Å². The molecule has 10 nitrogen and oxygen atoms in total. The van der Waals surface area contributed by atoms with Crippen molar-refractivity contribution in [3.8, 4) is 23.0 Å². The van der Waals surface area contributed by atoms with Gasteiger partial charge in [0.25, 0.3) is 11.8 Å². The fraction of sp³-hybridized carbons (Fsp3) is 0. The molecular formula is C28H22Br2N4O6. The minimum absolute atomic E-state index is 0.00580. The van der Waals surface area contributed by atoms with E-state index in [2.05, 4.69) is 52.9 Å². The van der Waals surface area contributed by atoms with Gasteiger partial charge in [0.2, 0.25) is 0 Å². The molecule has 0 aliphatic carbocycles. The summed E-state index contributed by atoms with van der Waals surface area (Å²) < 4.78 is 1.58. The largest absolute Gasteiger partial charge is 0.508 e. The van der Waals surface area contributed by atoms with Crippen LogP contribution in [0.5, 0.6) is 23.0 Å². The van der Waals surface area contributed by atoms with E-state index in [4.69, 9.17) is 0 Å². The number of carbonyl (C=O) groups is 2. The van der Waals surface area contributed by atoms with Crippen molar-refractivity contribution in [2.45, 2.75) is 0 Å². The molecule has 12 heteroatoms. The van der Waals surface area contributed by atoms with E-state index in [1.54, 1.807) is 48.5 Å². The van der Waals surface area contributed by atoms with E-state index in [0.29, 0.717) is 22.3 Å². The number of hydrogen-bond donors (Lipinski definition) is 6. The standard InChI is InChI=1S/2C14H11BrN2O3/c2*15-11-4-5-13(19)10(6-11)8-16-17-14(20)9-2-1-3-12(18)7-9/h2*1-8,18-19H,(H,17,20)/b2*16-8+. The Bertz CT molecular complexity index is 1460. The van der Waals surface area contributed by atoms with Crippen molar-refractivity contribution < 1.29 is 30.0 Å². The summed E-state index contributed by atoms with van der Waals surface area (Å²) in [6, 6.07) is 21.6. The lowest BCUT2D eigenvalue weighted by atomic mass is 10.2. The van der Waals surface area contributed by atoms with Crippen molar-refractivity contribution in [3.63, 3.8) is 0 Å². The lowest BCUT2D eigenvalue weighted by molar-refractivity contribution is 0.0947. The fourth-order valence-electron chi connectivity index (χ4n) is 3.00. The number of halogens is 2. The van der Waals surface area contributed by atoms with Crippen LogP contribution in [0.1, 0.15) is 31.8 Å². The van der Waals surface area contributed by atoms with Crippen LogP contribution < -0.4 is 10.9 Å². The van der Waals surface area contributed by atoms with Crippen molar-refractivity contribution in [3.05, 3.63) is 116 Å². The predicted octanol–water partition coefficient (Wildman–Crippen LogP) is 5.25. The van der Waals surface area contributed by atoms with Crippen LogP contribution in [0.25, 0.3) is 0 Å². The van der Waals surface area contributed by atoms with Crippen LogP contribution in [-0.4, -0.2) is 44.7 Å². The average Bonchev–Trinajstić information content (AvgIpc) is 2.93. The van der Waals surface area contributed by atoms with Crippen LogP contribution in [0.2, 0.25) is 0 Å². The summed E-state index contributed by atoms with van der Waals surface area (Å²) in [4.78, 5) is 23.5. The number of hydrogen-bond acceptors (Lipinski definition) is 8. The van der Waals surface area contributed by atoms with Gasteiger partial charge in [-0.25, -0.2) is 10.9 Å². The SMILES string of the molecule is O=C(N/N=C/c1cc(Br)ccc1O)c1cccc(O)c1.O=C(N/N=C/c1cc(Br)ccc1O)c1cccc(O)c1. The lowest BCUT2D eigenvalue weighted by Crippen LogP contribution is -2.17. The highest BCUT2D eigenvalue weighted by Crippen LogP contribution is 2.21. The molecule has 0 unspecified atom stereocenters. The quantitative estimate of drug-likeness (QED) is 0.121. The first-order valence-corrected chi connectivity index (χ1v) is 12.9. The monoisotopic (exact) mass is 668 g/mol. The Kier molecular flexibility index (Phi) is 10.8. The molecule has 0 saturated heterocycles. The molecule has 4 aromatic rings. The number of phenolic OH excluding ortho intramolecular Hbond substituents is 4. The third-order valence-electron chi connectivity index (χ3n) is 4.94. The van der Waals surface area contributed by atoms with E-state index in [1.165, 1.54) is 48.8 Å². The first-order chi connectivity index (χ1) is 19.1.